The van der Waals surface area contributed by atoms with Gasteiger partial charge >= 0.3 is 0 Å². The Balaban J connectivity index is 1.56. The summed E-state index contributed by atoms with van der Waals surface area (Å²) in [6, 6.07) is 29.6. The Kier molecular flexibility index (Phi) is 3.07. The highest BCUT2D eigenvalue weighted by Crippen LogP contribution is 2.34. The SMILES string of the molecule is c1ccc2c(c1)ccc1nc(-c3ccc4c(n3)sc3ccccc34)ccc12. The standard InChI is InChI=1S/C24H14N2S/c1-2-6-16-15(5-1)9-12-20-17(16)10-13-21(25-20)22-14-11-19-18-7-3-4-8-23(18)27-24(19)26-22/h1-14H. The van der Waals surface area contributed by atoms with Gasteiger partial charge in [-0.15, -0.1) is 11.3 Å². The number of hydrogen-bond donors (Lipinski definition) is 0. The van der Waals surface area contributed by atoms with E-state index in [0.717, 1.165) is 21.7 Å². The molecule has 0 aliphatic rings. The van der Waals surface area contributed by atoms with Gasteiger partial charge in [0.1, 0.15) is 4.83 Å². The van der Waals surface area contributed by atoms with E-state index in [4.69, 9.17) is 9.97 Å². The predicted octanol–water partition coefficient (Wildman–Crippen LogP) is 6.82. The third-order valence-corrected chi connectivity index (χ3v) is 6.18. The number of fused-ring (bicyclic) bond motifs is 6. The molecule has 0 fully saturated rings. The highest BCUT2D eigenvalue weighted by Gasteiger charge is 2.10. The average Bonchev–Trinajstić information content (AvgIpc) is 3.11. The van der Waals surface area contributed by atoms with Crippen molar-refractivity contribution >= 4 is 53.3 Å². The number of rotatable bonds is 1. The van der Waals surface area contributed by atoms with E-state index < -0.39 is 0 Å². The van der Waals surface area contributed by atoms with Gasteiger partial charge in [0.05, 0.1) is 16.9 Å². The molecule has 0 aliphatic heterocycles. The van der Waals surface area contributed by atoms with Crippen LogP contribution in [0, 0.1) is 0 Å². The molecule has 0 radical (unpaired) electrons. The molecule has 27 heavy (non-hydrogen) atoms. The largest absolute Gasteiger partial charge is 0.246 e. The topological polar surface area (TPSA) is 25.8 Å². The molecular weight excluding hydrogens is 348 g/mol. The molecule has 126 valence electrons. The summed E-state index contributed by atoms with van der Waals surface area (Å²) < 4.78 is 1.27. The van der Waals surface area contributed by atoms with Gasteiger partial charge in [0.15, 0.2) is 0 Å². The van der Waals surface area contributed by atoms with E-state index in [1.807, 2.05) is 0 Å². The van der Waals surface area contributed by atoms with Crippen LogP contribution in [0.4, 0.5) is 0 Å². The number of nitrogens with zero attached hydrogens (tertiary/aromatic N) is 2. The average molecular weight is 362 g/mol. The maximum Gasteiger partial charge on any atom is 0.125 e. The van der Waals surface area contributed by atoms with Crippen LogP contribution in [0.1, 0.15) is 0 Å². The summed E-state index contributed by atoms with van der Waals surface area (Å²) >= 11 is 1.74. The minimum absolute atomic E-state index is 0.914. The number of hydrogen-bond acceptors (Lipinski definition) is 3. The summed E-state index contributed by atoms with van der Waals surface area (Å²) in [6.07, 6.45) is 0. The first-order valence-electron chi connectivity index (χ1n) is 8.94. The second kappa shape index (κ2) is 5.60. The molecule has 0 saturated heterocycles. The predicted molar refractivity (Wildman–Crippen MR) is 115 cm³/mol. The van der Waals surface area contributed by atoms with Gasteiger partial charge in [-0.1, -0.05) is 48.5 Å². The first-order chi connectivity index (χ1) is 13.4. The van der Waals surface area contributed by atoms with Gasteiger partial charge in [-0.05, 0) is 47.2 Å². The van der Waals surface area contributed by atoms with Gasteiger partial charge in [-0.2, -0.15) is 0 Å². The summed E-state index contributed by atoms with van der Waals surface area (Å²) in [7, 11) is 0. The minimum atomic E-state index is 0.914. The summed E-state index contributed by atoms with van der Waals surface area (Å²) in [4.78, 5) is 10.9. The molecule has 3 aromatic heterocycles. The first-order valence-corrected chi connectivity index (χ1v) is 9.76. The highest BCUT2D eigenvalue weighted by atomic mass is 32.1. The van der Waals surface area contributed by atoms with Crippen molar-refractivity contribution in [3.05, 3.63) is 84.9 Å². The molecule has 2 nitrogen and oxygen atoms in total. The Morgan fingerprint density at radius 3 is 2.19 bits per heavy atom. The number of benzene rings is 3. The molecule has 6 aromatic rings. The van der Waals surface area contributed by atoms with Crippen molar-refractivity contribution in [2.75, 3.05) is 0 Å². The molecular formula is C24H14N2S. The molecule has 3 aromatic carbocycles. The Labute approximate surface area is 159 Å². The molecule has 0 aliphatic carbocycles. The van der Waals surface area contributed by atoms with E-state index in [0.29, 0.717) is 0 Å². The van der Waals surface area contributed by atoms with Gasteiger partial charge in [0.25, 0.3) is 0 Å². The van der Waals surface area contributed by atoms with Gasteiger partial charge in [0.2, 0.25) is 0 Å². The van der Waals surface area contributed by atoms with E-state index >= 15 is 0 Å². The van der Waals surface area contributed by atoms with Gasteiger partial charge in [-0.25, -0.2) is 9.97 Å². The molecule has 6 rings (SSSR count). The first kappa shape index (κ1) is 14.8. The quantitative estimate of drug-likeness (QED) is 0.300. The zero-order chi connectivity index (χ0) is 17.8. The lowest BCUT2D eigenvalue weighted by Gasteiger charge is -2.06. The fourth-order valence-corrected chi connectivity index (χ4v) is 4.85. The van der Waals surface area contributed by atoms with Crippen molar-refractivity contribution in [3.63, 3.8) is 0 Å². The van der Waals surface area contributed by atoms with E-state index in [-0.39, 0.29) is 0 Å². The van der Waals surface area contributed by atoms with Gasteiger partial charge < -0.3 is 0 Å². The molecule has 3 heterocycles. The molecule has 0 atom stereocenters. The number of thiophene rings is 1. The van der Waals surface area contributed by atoms with Crippen LogP contribution in [0.2, 0.25) is 0 Å². The molecule has 0 spiro atoms. The van der Waals surface area contributed by atoms with E-state index in [1.165, 1.54) is 31.6 Å². The van der Waals surface area contributed by atoms with Crippen LogP contribution in [0.25, 0.3) is 53.4 Å². The Morgan fingerprint density at radius 1 is 0.519 bits per heavy atom. The fraction of sp³-hybridized carbons (Fsp3) is 0. The zero-order valence-corrected chi connectivity index (χ0v) is 15.2. The summed E-state index contributed by atoms with van der Waals surface area (Å²) in [5, 5.41) is 6.15. The van der Waals surface area contributed by atoms with Crippen LogP contribution in [-0.4, -0.2) is 9.97 Å². The Hall–Kier alpha value is -3.30. The lowest BCUT2D eigenvalue weighted by atomic mass is 10.0. The lowest BCUT2D eigenvalue weighted by Crippen LogP contribution is -1.89. The summed E-state index contributed by atoms with van der Waals surface area (Å²) in [6.45, 7) is 0. The number of aromatic nitrogens is 2. The molecule has 0 N–H and O–H groups in total. The third-order valence-electron chi connectivity index (χ3n) is 5.10. The molecule has 0 amide bonds. The van der Waals surface area contributed by atoms with Crippen molar-refractivity contribution < 1.29 is 0 Å². The van der Waals surface area contributed by atoms with Crippen LogP contribution >= 0.6 is 11.3 Å². The Morgan fingerprint density at radius 2 is 1.26 bits per heavy atom. The molecule has 0 bridgehead atoms. The minimum Gasteiger partial charge on any atom is -0.246 e. The third kappa shape index (κ3) is 2.25. The molecule has 3 heteroatoms. The zero-order valence-electron chi connectivity index (χ0n) is 14.4. The van der Waals surface area contributed by atoms with Crippen molar-refractivity contribution in [3.8, 4) is 11.4 Å². The maximum absolute atomic E-state index is 4.91. The van der Waals surface area contributed by atoms with E-state index in [9.17, 15) is 0 Å². The normalized spacial score (nSPS) is 11.7. The van der Waals surface area contributed by atoms with Crippen molar-refractivity contribution in [1.82, 2.24) is 9.97 Å². The van der Waals surface area contributed by atoms with Crippen LogP contribution in [0.5, 0.6) is 0 Å². The lowest BCUT2D eigenvalue weighted by molar-refractivity contribution is 1.33. The highest BCUT2D eigenvalue weighted by molar-refractivity contribution is 7.25. The summed E-state index contributed by atoms with van der Waals surface area (Å²) in [5.74, 6) is 0. The second-order valence-electron chi connectivity index (χ2n) is 6.70. The maximum atomic E-state index is 4.91. The van der Waals surface area contributed by atoms with Crippen LogP contribution in [-0.2, 0) is 0 Å². The van der Waals surface area contributed by atoms with Crippen molar-refractivity contribution in [1.29, 1.82) is 0 Å². The van der Waals surface area contributed by atoms with Gasteiger partial charge in [0, 0.05) is 20.9 Å². The smallest absolute Gasteiger partial charge is 0.125 e. The summed E-state index contributed by atoms with van der Waals surface area (Å²) in [5.41, 5.74) is 2.84. The monoisotopic (exact) mass is 362 g/mol. The van der Waals surface area contributed by atoms with Crippen molar-refractivity contribution in [2.45, 2.75) is 0 Å². The van der Waals surface area contributed by atoms with E-state index in [1.54, 1.807) is 11.3 Å². The van der Waals surface area contributed by atoms with Crippen molar-refractivity contribution in [2.24, 2.45) is 0 Å². The van der Waals surface area contributed by atoms with E-state index in [2.05, 4.69) is 84.9 Å². The molecule has 0 saturated carbocycles. The number of pyridine rings is 2. The van der Waals surface area contributed by atoms with Crippen LogP contribution < -0.4 is 0 Å². The second-order valence-corrected chi connectivity index (χ2v) is 7.73. The fourth-order valence-electron chi connectivity index (χ4n) is 3.78. The van der Waals surface area contributed by atoms with Crippen LogP contribution in [0.3, 0.4) is 0 Å². The van der Waals surface area contributed by atoms with Gasteiger partial charge in [-0.3, -0.25) is 0 Å². The Bertz CT molecular complexity index is 1480. The van der Waals surface area contributed by atoms with Crippen LogP contribution in [0.15, 0.2) is 84.9 Å². The molecule has 0 unspecified atom stereocenters.